The van der Waals surface area contributed by atoms with Crippen molar-refractivity contribution < 1.29 is 0 Å². The quantitative estimate of drug-likeness (QED) is 0.137. The van der Waals surface area contributed by atoms with E-state index in [4.69, 9.17) is 0 Å². The van der Waals surface area contributed by atoms with Crippen LogP contribution >= 0.6 is 0 Å². The van der Waals surface area contributed by atoms with Crippen molar-refractivity contribution in [3.63, 3.8) is 0 Å². The van der Waals surface area contributed by atoms with E-state index < -0.39 is 0 Å². The van der Waals surface area contributed by atoms with Crippen LogP contribution in [0, 0.1) is 96.9 Å². The maximum Gasteiger partial charge on any atom is 0.234 e. The average Bonchev–Trinajstić information content (AvgIpc) is 1.86. The number of para-hydroxylation sites is 4. The number of benzene rings is 2. The zero-order valence-electron chi connectivity index (χ0n) is 85.1. The van der Waals surface area contributed by atoms with E-state index in [0.717, 1.165) is 118 Å². The largest absolute Gasteiger partial charge is 0.331 e. The molecule has 0 aliphatic rings. The molecular formula is C108H150N22. The third-order valence-electron chi connectivity index (χ3n) is 18.7. The fraction of sp³-hybridized carbons (Fsp3) is 0.333. The van der Waals surface area contributed by atoms with Gasteiger partial charge in [0.2, 0.25) is 11.6 Å². The van der Waals surface area contributed by atoms with Gasteiger partial charge in [0.1, 0.15) is 22.9 Å². The van der Waals surface area contributed by atoms with Crippen molar-refractivity contribution in [1.82, 2.24) is 106 Å². The lowest BCUT2D eigenvalue weighted by Gasteiger charge is -1.97. The molecule has 0 fully saturated rings. The Hall–Kier alpha value is -13.8. The number of aryl methyl sites for hydroxylation is 16. The monoisotopic (exact) mass is 1760 g/mol. The molecule has 0 amide bonds. The summed E-state index contributed by atoms with van der Waals surface area (Å²) < 4.78 is 12.3. The van der Waals surface area contributed by atoms with Gasteiger partial charge < -0.3 is 17.9 Å². The first-order valence-corrected chi connectivity index (χ1v) is 46.0. The Kier molecular flexibility index (Phi) is 57.0. The molecule has 22 heteroatoms. The van der Waals surface area contributed by atoms with Gasteiger partial charge in [-0.2, -0.15) is 0 Å². The number of fused-ring (bicyclic) bond motifs is 10. The second kappa shape index (κ2) is 64.9. The first-order valence-electron chi connectivity index (χ1n) is 46.0. The first-order chi connectivity index (χ1) is 63.2. The van der Waals surface area contributed by atoms with Gasteiger partial charge in [0.25, 0.3) is 0 Å². The highest BCUT2D eigenvalue weighted by atomic mass is 15.1. The van der Waals surface area contributed by atoms with Crippen molar-refractivity contribution in [3.05, 3.63) is 336 Å². The molecule has 0 unspecified atom stereocenters. The van der Waals surface area contributed by atoms with Crippen molar-refractivity contribution in [1.29, 1.82) is 0 Å². The van der Waals surface area contributed by atoms with E-state index in [1.54, 1.807) is 62.0 Å². The molecule has 0 radical (unpaired) electrons. The molecule has 0 spiro atoms. The van der Waals surface area contributed by atoms with Crippen LogP contribution in [0.5, 0.6) is 0 Å². The van der Waals surface area contributed by atoms with Gasteiger partial charge in [0, 0.05) is 146 Å². The lowest BCUT2D eigenvalue weighted by atomic mass is 10.2. The first kappa shape index (κ1) is 114. The molecule has 0 bridgehead atoms. The minimum Gasteiger partial charge on any atom is -0.331 e. The summed E-state index contributed by atoms with van der Waals surface area (Å²) in [6.07, 6.45) is 29.4. The molecule has 0 saturated carbocycles. The van der Waals surface area contributed by atoms with Gasteiger partial charge >= 0.3 is 0 Å². The summed E-state index contributed by atoms with van der Waals surface area (Å²) >= 11 is 0. The number of nitrogens with zero attached hydrogens (tertiary/aromatic N) is 22. The number of rotatable bonds is 0. The Bertz CT molecular complexity index is 5510. The van der Waals surface area contributed by atoms with Crippen molar-refractivity contribution in [3.8, 4) is 0 Å². The fourth-order valence-corrected chi connectivity index (χ4v) is 11.7. The lowest BCUT2D eigenvalue weighted by Crippen LogP contribution is -1.89. The topological polar surface area (TPSA) is 234 Å². The third-order valence-corrected chi connectivity index (χ3v) is 18.7. The van der Waals surface area contributed by atoms with E-state index in [9.17, 15) is 0 Å². The Morgan fingerprint density at radius 3 is 1.00 bits per heavy atom. The Labute approximate surface area is 776 Å². The molecule has 0 atom stereocenters. The minimum absolute atomic E-state index is 0.780. The number of hydrogen-bond acceptors (Lipinski definition) is 16. The maximum absolute atomic E-state index is 4.38. The number of aromatic nitrogens is 22. The van der Waals surface area contributed by atoms with Crippen molar-refractivity contribution in [2.75, 3.05) is 0 Å². The molecule has 0 aliphatic heterocycles. The third kappa shape index (κ3) is 33.8. The summed E-state index contributed by atoms with van der Waals surface area (Å²) in [5, 5.41) is 3.45. The molecule has 0 aliphatic carbocycles. The predicted octanol–water partition coefficient (Wildman–Crippen LogP) is 28.4. The number of hydrogen-bond donors (Lipinski definition) is 0. The fourth-order valence-electron chi connectivity index (χ4n) is 11.7. The van der Waals surface area contributed by atoms with Crippen LogP contribution in [-0.2, 0) is 14.1 Å². The van der Waals surface area contributed by atoms with E-state index in [1.807, 2.05) is 406 Å². The van der Waals surface area contributed by atoms with E-state index in [2.05, 4.69) is 144 Å². The van der Waals surface area contributed by atoms with Crippen LogP contribution in [0.25, 0.3) is 88.8 Å². The summed E-state index contributed by atoms with van der Waals surface area (Å²) in [6.45, 7) is 68.5. The highest BCUT2D eigenvalue weighted by Gasteiger charge is 2.08. The van der Waals surface area contributed by atoms with Crippen LogP contribution < -0.4 is 0 Å². The second-order valence-corrected chi connectivity index (χ2v) is 26.0. The summed E-state index contributed by atoms with van der Waals surface area (Å²) in [4.78, 5) is 67.3. The molecular weight excluding hydrogens is 1610 g/mol. The number of imidazole rings is 6. The van der Waals surface area contributed by atoms with E-state index in [-0.39, 0.29) is 0 Å². The van der Waals surface area contributed by atoms with Crippen molar-refractivity contribution in [2.24, 2.45) is 14.1 Å². The van der Waals surface area contributed by atoms with Gasteiger partial charge in [0.05, 0.1) is 73.1 Å². The Morgan fingerprint density at radius 1 is 0.223 bits per heavy atom. The molecule has 20 aromatic rings. The van der Waals surface area contributed by atoms with Crippen LogP contribution in [0.3, 0.4) is 0 Å². The van der Waals surface area contributed by atoms with Crippen molar-refractivity contribution >= 4 is 88.8 Å². The Balaban J connectivity index is 0.000000706. The van der Waals surface area contributed by atoms with Gasteiger partial charge in [-0.25, -0.2) is 49.8 Å². The molecule has 18 aromatic heterocycles. The highest BCUT2D eigenvalue weighted by Crippen LogP contribution is 2.19. The number of pyridine rings is 10. The van der Waals surface area contributed by atoms with Gasteiger partial charge in [-0.1, -0.05) is 175 Å². The normalized spacial score (nSPS) is 9.38. The molecule has 0 saturated heterocycles. The lowest BCUT2D eigenvalue weighted by molar-refractivity contribution is 0.886. The second-order valence-electron chi connectivity index (χ2n) is 26.0. The van der Waals surface area contributed by atoms with Gasteiger partial charge in [0.15, 0.2) is 5.65 Å². The molecule has 2 aromatic carbocycles. The van der Waals surface area contributed by atoms with Gasteiger partial charge in [-0.15, -0.1) is 0 Å². The van der Waals surface area contributed by atoms with Crippen LogP contribution in [0.2, 0.25) is 0 Å². The zero-order valence-corrected chi connectivity index (χ0v) is 85.1. The minimum atomic E-state index is 0.780. The van der Waals surface area contributed by atoms with Crippen LogP contribution in [-0.4, -0.2) is 106 Å². The zero-order chi connectivity index (χ0) is 97.8. The predicted molar refractivity (Wildman–Crippen MR) is 556 cm³/mol. The smallest absolute Gasteiger partial charge is 0.234 e. The standard InChI is InChI=1S/4C9H10N2.4C9H8N2.2C8H9N3.10C2H6/c2*1-7-10-8-5-3-4-6-9(8)11(7)2;2*1-7-8(2)11-6-4-3-5-9(11)10-7;1-7-2-5-11-9-3-4-10-6-8(7)9;1-7-2-5-11-9-6-10-4-3-8(7)9;1-7-4-6-10-8-3-2-5-11-9(7)8;1-7-4-6-11-9-8(7)3-2-5-10-9;2*1-6-7(2)11-5-3-4-9-8(11)10-6;10*1-2/h4*3-6H,1-2H3;4*2-6H,1H3;2*3-5H,1-2H3;10*1-2H3. The summed E-state index contributed by atoms with van der Waals surface area (Å²) in [5.41, 5.74) is 25.3. The maximum atomic E-state index is 4.38. The summed E-state index contributed by atoms with van der Waals surface area (Å²) in [5.74, 6) is 3.68. The molecule has 18 heterocycles. The van der Waals surface area contributed by atoms with Gasteiger partial charge in [-0.3, -0.25) is 38.7 Å². The van der Waals surface area contributed by atoms with Crippen LogP contribution in [0.15, 0.2) is 257 Å². The van der Waals surface area contributed by atoms with E-state index in [1.165, 1.54) is 50.1 Å². The molecule has 130 heavy (non-hydrogen) atoms. The molecule has 0 N–H and O–H groups in total. The molecule has 692 valence electrons. The van der Waals surface area contributed by atoms with E-state index >= 15 is 0 Å². The molecule has 20 rings (SSSR count). The SMILES string of the molecule is CC.CC.CC.CC.CC.CC.CC.CC.CC.CC.Cc1ccnc2cccnc12.Cc1ccnc2ccncc12.Cc1ccnc2cnccc12.Cc1ccnc2ncccc12.Cc1nc2ccccc2n1C.Cc1nc2ccccc2n1C.Cc1nc2ccccn2c1C.Cc1nc2ccccn2c1C.Cc1nc2ncccn2c1C.Cc1nc2ncccn2c1C. The Morgan fingerprint density at radius 2 is 0.569 bits per heavy atom. The van der Waals surface area contributed by atoms with Crippen LogP contribution in [0.1, 0.15) is 218 Å². The average molecular weight is 1760 g/mol. The van der Waals surface area contributed by atoms with Crippen molar-refractivity contribution in [2.45, 2.75) is 235 Å². The summed E-state index contributed by atoms with van der Waals surface area (Å²) in [6, 6.07) is 51.8. The highest BCUT2D eigenvalue weighted by molar-refractivity contribution is 5.82. The van der Waals surface area contributed by atoms with Crippen LogP contribution in [0.4, 0.5) is 0 Å². The van der Waals surface area contributed by atoms with Gasteiger partial charge in [-0.05, 0) is 241 Å². The summed E-state index contributed by atoms with van der Waals surface area (Å²) in [7, 11) is 4.06. The molecule has 22 nitrogen and oxygen atoms in total. The van der Waals surface area contributed by atoms with E-state index in [0.29, 0.717) is 0 Å².